The van der Waals surface area contributed by atoms with E-state index in [1.54, 1.807) is 0 Å². The number of aliphatic imine (C=N–C) groups is 4. The van der Waals surface area contributed by atoms with E-state index in [0.29, 0.717) is 26.4 Å². The number of nitrogens with zero attached hydrogens (tertiary/aromatic N) is 7. The molecule has 11 nitrogen and oxygen atoms in total. The van der Waals surface area contributed by atoms with Crippen molar-refractivity contribution in [3.8, 4) is 23.0 Å². The predicted octanol–water partition coefficient (Wildman–Crippen LogP) is 15.0. The number of unbranched alkanes of at least 4 members (excludes halogenated alkanes) is 8. The summed E-state index contributed by atoms with van der Waals surface area (Å²) < 4.78 is 27.9. The number of hydrogen-bond donors (Lipinski definition) is 0. The van der Waals surface area contributed by atoms with Gasteiger partial charge in [-0.2, -0.15) is 0 Å². The molecule has 440 valence electrons. The Hall–Kier alpha value is -7.44. The Kier molecular flexibility index (Phi) is 20.7. The van der Waals surface area contributed by atoms with E-state index in [2.05, 4.69) is 216 Å². The van der Waals surface area contributed by atoms with Gasteiger partial charge in [-0.1, -0.05) is 107 Å². The molecule has 0 atom stereocenters. The first kappa shape index (κ1) is 61.1. The van der Waals surface area contributed by atoms with Crippen LogP contribution in [0.25, 0.3) is 22.3 Å². The zero-order valence-electron chi connectivity index (χ0n) is 52.1. The predicted molar refractivity (Wildman–Crippen MR) is 352 cm³/mol. The van der Waals surface area contributed by atoms with Gasteiger partial charge in [0.1, 0.15) is 23.0 Å². The third-order valence-corrected chi connectivity index (χ3v) is 15.4. The van der Waals surface area contributed by atoms with Crippen LogP contribution in [0, 0.1) is 0 Å². The third kappa shape index (κ3) is 17.3. The van der Waals surface area contributed by atoms with E-state index < -0.39 is 0 Å². The maximum absolute atomic E-state index is 6.36. The van der Waals surface area contributed by atoms with Crippen LogP contribution in [0.4, 0.5) is 0 Å². The highest BCUT2D eigenvalue weighted by Crippen LogP contribution is 2.40. The Bertz CT molecular complexity index is 3260. The number of ether oxygens (including phenoxy) is 4. The second-order valence-corrected chi connectivity index (χ2v) is 25.8. The normalized spacial score (nSPS) is 15.8. The Balaban J connectivity index is 1.12. The molecule has 0 spiro atoms. The highest BCUT2D eigenvalue weighted by Gasteiger charge is 2.28. The van der Waals surface area contributed by atoms with Gasteiger partial charge in [0.2, 0.25) is 0 Å². The summed E-state index contributed by atoms with van der Waals surface area (Å²) in [6.07, 6.45) is 31.3. The Morgan fingerprint density at radius 3 is 0.738 bits per heavy atom. The first-order valence-electron chi connectivity index (χ1n) is 30.9. The number of rotatable bonds is 30. The first-order valence-corrected chi connectivity index (χ1v) is 30.9. The molecule has 0 unspecified atom stereocenters. The summed E-state index contributed by atoms with van der Waals surface area (Å²) in [7, 11) is 19.9. The highest BCUT2D eigenvalue weighted by molar-refractivity contribution is 6.39. The van der Waals surface area contributed by atoms with Crippen molar-refractivity contribution in [1.82, 2.24) is 0 Å². The van der Waals surface area contributed by atoms with E-state index >= 15 is 0 Å². The fraction of sp³-hybridized carbons (Fsp3) is 0.397. The summed E-state index contributed by atoms with van der Waals surface area (Å²) in [6.45, 7) is 8.00. The molecule has 0 saturated carbocycles. The molecule has 11 heteroatoms. The topological polar surface area (TPSA) is 86.4 Å². The maximum atomic E-state index is 6.36. The van der Waals surface area contributed by atoms with Crippen molar-refractivity contribution in [1.29, 1.82) is 0 Å². The van der Waals surface area contributed by atoms with Gasteiger partial charge in [0.25, 0.3) is 0 Å². The Morgan fingerprint density at radius 2 is 0.500 bits per heavy atom. The SMILES string of the molecule is CCCCCCCCCCCOc1ccc(C2=C3C=CC(=N3)C(c3ccc(OCCC[N+](C)(C)C)cc3)=C3C=CC(=N3)C(c3ccc(OCCC[N+](C)(C)C)cc3)=C3C=CC(=N3)C(c3ccc(OCCC[N+](C)(C)C)cc3)=C3C=CC2=N3)cc1. The van der Waals surface area contributed by atoms with E-state index in [1.807, 2.05) is 0 Å². The lowest BCUT2D eigenvalue weighted by Gasteiger charge is -2.23. The smallest absolute Gasteiger partial charge is 0.119 e. The van der Waals surface area contributed by atoms with E-state index in [1.165, 1.54) is 51.4 Å². The van der Waals surface area contributed by atoms with Gasteiger partial charge in [-0.25, -0.2) is 20.0 Å². The van der Waals surface area contributed by atoms with Gasteiger partial charge >= 0.3 is 0 Å². The summed E-state index contributed by atoms with van der Waals surface area (Å²) >= 11 is 0. The van der Waals surface area contributed by atoms with Gasteiger partial charge in [-0.15, -0.1) is 0 Å². The van der Waals surface area contributed by atoms with Crippen LogP contribution in [0.3, 0.4) is 0 Å². The summed E-state index contributed by atoms with van der Waals surface area (Å²) in [5.74, 6) is 3.35. The van der Waals surface area contributed by atoms with Crippen molar-refractivity contribution in [2.24, 2.45) is 20.0 Å². The van der Waals surface area contributed by atoms with Crippen molar-refractivity contribution < 1.29 is 32.4 Å². The molecule has 0 N–H and O–H groups in total. The van der Waals surface area contributed by atoms with Gasteiger partial charge in [0.05, 0.1) is 155 Å². The van der Waals surface area contributed by atoms with Crippen LogP contribution in [-0.2, 0) is 0 Å². The van der Waals surface area contributed by atoms with Crippen LogP contribution >= 0.6 is 0 Å². The highest BCUT2D eigenvalue weighted by atomic mass is 16.5. The summed E-state index contributed by atoms with van der Waals surface area (Å²) in [5.41, 5.74) is 14.0. The average Bonchev–Trinajstić information content (AvgIpc) is 2.18. The lowest BCUT2D eigenvalue weighted by atomic mass is 9.98. The second-order valence-electron chi connectivity index (χ2n) is 25.8. The van der Waals surface area contributed by atoms with Gasteiger partial charge in [-0.3, -0.25) is 0 Å². The van der Waals surface area contributed by atoms with Crippen molar-refractivity contribution in [3.05, 3.63) is 191 Å². The monoisotopic (exact) mass is 1130 g/mol. The standard InChI is InChI=1S/C73H92N7O4/c1-11-12-13-14-15-16-17-18-19-50-81-58-31-23-54(24-32-58)70-62-39-41-64(74-62)71(55-25-33-59(34-26-55)82-51-20-47-78(2,3)4)66-43-45-68(76-66)73(57-29-37-61(38-30-57)84-53-22-49-80(8,9)10)69-46-44-67(77-69)72(65-42-40-63(70)75-65)56-27-35-60(36-28-56)83-52-21-48-79(5,6)7/h23-46H,11-22,47-53H2,1-10H3/q+3. The van der Waals surface area contributed by atoms with Gasteiger partial charge in [0, 0.05) is 41.6 Å². The lowest BCUT2D eigenvalue weighted by Crippen LogP contribution is -2.36. The van der Waals surface area contributed by atoms with Gasteiger partial charge in [0.15, 0.2) is 0 Å². The zero-order valence-corrected chi connectivity index (χ0v) is 52.1. The molecule has 0 aromatic heterocycles. The van der Waals surface area contributed by atoms with E-state index in [4.69, 9.17) is 38.9 Å². The minimum Gasteiger partial charge on any atom is -0.494 e. The van der Waals surface area contributed by atoms with Crippen molar-refractivity contribution >= 4 is 45.1 Å². The molecule has 0 saturated heterocycles. The fourth-order valence-corrected chi connectivity index (χ4v) is 10.9. The lowest BCUT2D eigenvalue weighted by molar-refractivity contribution is -0.870. The molecule has 9 rings (SSSR count). The molecule has 0 aliphatic carbocycles. The molecule has 8 bridgehead atoms. The average molecular weight is 1130 g/mol. The second kappa shape index (κ2) is 28.4. The maximum Gasteiger partial charge on any atom is 0.119 e. The molecule has 4 aromatic carbocycles. The molecular formula is C73H92N7O4+3. The molecule has 5 aliphatic heterocycles. The quantitative estimate of drug-likeness (QED) is 0.0384. The van der Waals surface area contributed by atoms with E-state index in [0.717, 1.165) is 172 Å². The minimum atomic E-state index is 0.645. The molecule has 5 aliphatic rings. The first-order chi connectivity index (χ1) is 40.5. The molecule has 84 heavy (non-hydrogen) atoms. The molecular weight excluding hydrogens is 1040 g/mol. The summed E-state index contributed by atoms with van der Waals surface area (Å²) in [5, 5.41) is 0. The van der Waals surface area contributed by atoms with Crippen LogP contribution < -0.4 is 18.9 Å². The number of hydrogen-bond acceptors (Lipinski definition) is 8. The van der Waals surface area contributed by atoms with Crippen LogP contribution in [0.2, 0.25) is 0 Å². The number of benzene rings is 4. The van der Waals surface area contributed by atoms with Crippen LogP contribution in [-0.4, -0.2) is 146 Å². The molecule has 0 amide bonds. The number of quaternary nitrogens is 3. The molecule has 5 heterocycles. The van der Waals surface area contributed by atoms with Gasteiger partial charge in [-0.05, 0) is 126 Å². The van der Waals surface area contributed by atoms with Crippen molar-refractivity contribution in [3.63, 3.8) is 0 Å². The van der Waals surface area contributed by atoms with Gasteiger partial charge < -0.3 is 32.4 Å². The largest absolute Gasteiger partial charge is 0.494 e. The van der Waals surface area contributed by atoms with Crippen LogP contribution in [0.1, 0.15) is 106 Å². The minimum absolute atomic E-state index is 0.645. The Morgan fingerprint density at radius 1 is 0.274 bits per heavy atom. The van der Waals surface area contributed by atoms with E-state index in [-0.39, 0.29) is 0 Å². The summed E-state index contributed by atoms with van der Waals surface area (Å²) in [4.78, 5) is 22.2. The number of fused-ring (bicyclic) bond motifs is 4. The Labute approximate surface area is 502 Å². The fourth-order valence-electron chi connectivity index (χ4n) is 10.9. The van der Waals surface area contributed by atoms with E-state index in [9.17, 15) is 0 Å². The molecule has 0 radical (unpaired) electrons. The molecule has 4 aromatic rings. The summed E-state index contributed by atoms with van der Waals surface area (Å²) in [6, 6.07) is 33.6. The van der Waals surface area contributed by atoms with Crippen LogP contribution in [0.5, 0.6) is 23.0 Å². The molecule has 0 fully saturated rings. The van der Waals surface area contributed by atoms with Crippen LogP contribution in [0.15, 0.2) is 188 Å². The van der Waals surface area contributed by atoms with Crippen molar-refractivity contribution in [2.45, 2.75) is 84.0 Å². The third-order valence-electron chi connectivity index (χ3n) is 15.4. The van der Waals surface area contributed by atoms with Crippen molar-refractivity contribution in [2.75, 3.05) is 109 Å². The number of allylic oxidation sites excluding steroid dienone is 12. The zero-order chi connectivity index (χ0) is 59.1.